The lowest BCUT2D eigenvalue weighted by Crippen LogP contribution is -2.24. The van der Waals surface area contributed by atoms with Crippen LogP contribution in [-0.4, -0.2) is 41.4 Å². The van der Waals surface area contributed by atoms with E-state index in [1.807, 2.05) is 19.9 Å². The van der Waals surface area contributed by atoms with Gasteiger partial charge in [-0.2, -0.15) is 0 Å². The van der Waals surface area contributed by atoms with Gasteiger partial charge in [-0.05, 0) is 38.5 Å². The SMILES string of the molecule is COc1ccc(F)cc1C(C)Nc1cc(N2CCC(C(C)O)C2)ncn1. The number of anilines is 2. The van der Waals surface area contributed by atoms with Crippen LogP contribution in [0.1, 0.15) is 31.9 Å². The second kappa shape index (κ2) is 7.86. The third-order valence-corrected chi connectivity index (χ3v) is 4.91. The van der Waals surface area contributed by atoms with Crippen molar-refractivity contribution in [3.63, 3.8) is 0 Å². The van der Waals surface area contributed by atoms with Crippen molar-refractivity contribution < 1.29 is 14.2 Å². The molecule has 3 rings (SSSR count). The molecule has 6 nitrogen and oxygen atoms in total. The van der Waals surface area contributed by atoms with Crippen LogP contribution in [0.25, 0.3) is 0 Å². The quantitative estimate of drug-likeness (QED) is 0.825. The molecule has 1 fully saturated rings. The summed E-state index contributed by atoms with van der Waals surface area (Å²) in [5, 5.41) is 13.1. The molecule has 7 heteroatoms. The smallest absolute Gasteiger partial charge is 0.134 e. The first kappa shape index (κ1) is 18.4. The predicted molar refractivity (Wildman–Crippen MR) is 99.0 cm³/mol. The summed E-state index contributed by atoms with van der Waals surface area (Å²) < 4.78 is 18.9. The lowest BCUT2D eigenvalue weighted by molar-refractivity contribution is 0.136. The van der Waals surface area contributed by atoms with Gasteiger partial charge in [0, 0.05) is 30.6 Å². The predicted octanol–water partition coefficient (Wildman–Crippen LogP) is 3.00. The molecule has 26 heavy (non-hydrogen) atoms. The van der Waals surface area contributed by atoms with Crippen LogP contribution in [0.15, 0.2) is 30.6 Å². The van der Waals surface area contributed by atoms with Crippen molar-refractivity contribution in [1.82, 2.24) is 9.97 Å². The maximum Gasteiger partial charge on any atom is 0.134 e. The molecule has 3 atom stereocenters. The van der Waals surface area contributed by atoms with Crippen LogP contribution >= 0.6 is 0 Å². The van der Waals surface area contributed by atoms with Crippen molar-refractivity contribution >= 4 is 11.6 Å². The highest BCUT2D eigenvalue weighted by molar-refractivity contribution is 5.51. The topological polar surface area (TPSA) is 70.5 Å². The van der Waals surface area contributed by atoms with Crippen LogP contribution in [0.5, 0.6) is 5.75 Å². The Bertz CT molecular complexity index is 756. The van der Waals surface area contributed by atoms with E-state index in [0.29, 0.717) is 11.6 Å². The Balaban J connectivity index is 1.74. The molecule has 0 radical (unpaired) electrons. The van der Waals surface area contributed by atoms with Crippen LogP contribution in [0.3, 0.4) is 0 Å². The molecule has 0 bridgehead atoms. The van der Waals surface area contributed by atoms with Crippen LogP contribution in [-0.2, 0) is 0 Å². The summed E-state index contributed by atoms with van der Waals surface area (Å²) in [5.74, 6) is 2.06. The molecule has 0 amide bonds. The van der Waals surface area contributed by atoms with Crippen LogP contribution in [0, 0.1) is 11.7 Å². The van der Waals surface area contributed by atoms with Gasteiger partial charge in [-0.3, -0.25) is 0 Å². The zero-order valence-electron chi connectivity index (χ0n) is 15.3. The molecule has 2 heterocycles. The molecule has 140 valence electrons. The van der Waals surface area contributed by atoms with E-state index in [1.165, 1.54) is 18.5 Å². The highest BCUT2D eigenvalue weighted by Gasteiger charge is 2.27. The van der Waals surface area contributed by atoms with Crippen molar-refractivity contribution in [3.05, 3.63) is 42.0 Å². The molecule has 0 aliphatic carbocycles. The van der Waals surface area contributed by atoms with E-state index in [9.17, 15) is 9.50 Å². The summed E-state index contributed by atoms with van der Waals surface area (Å²) in [5.41, 5.74) is 0.725. The number of hydrogen-bond donors (Lipinski definition) is 2. The van der Waals surface area contributed by atoms with Crippen molar-refractivity contribution in [2.24, 2.45) is 5.92 Å². The zero-order chi connectivity index (χ0) is 18.7. The highest BCUT2D eigenvalue weighted by atomic mass is 19.1. The first-order chi connectivity index (χ1) is 12.5. The fraction of sp³-hybridized carbons (Fsp3) is 0.474. The Labute approximate surface area is 153 Å². The summed E-state index contributed by atoms with van der Waals surface area (Å²) in [6.07, 6.45) is 2.14. The summed E-state index contributed by atoms with van der Waals surface area (Å²) in [7, 11) is 1.57. The number of benzene rings is 1. The van der Waals surface area contributed by atoms with Crippen molar-refractivity contribution in [3.8, 4) is 5.75 Å². The molecule has 2 N–H and O–H groups in total. The molecule has 2 aromatic rings. The van der Waals surface area contributed by atoms with Gasteiger partial charge in [0.05, 0.1) is 19.3 Å². The number of methoxy groups -OCH3 is 1. The third kappa shape index (κ3) is 4.04. The number of aromatic nitrogens is 2. The maximum absolute atomic E-state index is 13.6. The van der Waals surface area contributed by atoms with Crippen LogP contribution < -0.4 is 15.0 Å². The average Bonchev–Trinajstić information content (AvgIpc) is 3.12. The van der Waals surface area contributed by atoms with Gasteiger partial charge >= 0.3 is 0 Å². The second-order valence-electron chi connectivity index (χ2n) is 6.75. The van der Waals surface area contributed by atoms with Crippen LogP contribution in [0.2, 0.25) is 0 Å². The van der Waals surface area contributed by atoms with E-state index in [0.717, 1.165) is 30.9 Å². The third-order valence-electron chi connectivity index (χ3n) is 4.91. The Morgan fingerprint density at radius 1 is 1.31 bits per heavy atom. The Morgan fingerprint density at radius 2 is 2.12 bits per heavy atom. The monoisotopic (exact) mass is 360 g/mol. The van der Waals surface area contributed by atoms with Gasteiger partial charge in [-0.1, -0.05) is 0 Å². The number of nitrogens with one attached hydrogen (secondary N) is 1. The van der Waals surface area contributed by atoms with Crippen molar-refractivity contribution in [2.75, 3.05) is 30.4 Å². The minimum Gasteiger partial charge on any atom is -0.496 e. The molecule has 1 aliphatic rings. The molecular formula is C19H25FN4O2. The highest BCUT2D eigenvalue weighted by Crippen LogP contribution is 2.29. The van der Waals surface area contributed by atoms with Gasteiger partial charge in [0.15, 0.2) is 0 Å². The Kier molecular flexibility index (Phi) is 5.56. The molecule has 0 spiro atoms. The first-order valence-electron chi connectivity index (χ1n) is 8.83. The number of rotatable bonds is 6. The van der Waals surface area contributed by atoms with E-state index < -0.39 is 0 Å². The maximum atomic E-state index is 13.6. The number of halogens is 1. The fourth-order valence-electron chi connectivity index (χ4n) is 3.33. The van der Waals surface area contributed by atoms with E-state index >= 15 is 0 Å². The van der Waals surface area contributed by atoms with Crippen molar-refractivity contribution in [2.45, 2.75) is 32.4 Å². The summed E-state index contributed by atoms with van der Waals surface area (Å²) in [6, 6.07) is 6.16. The number of aliphatic hydroxyl groups is 1. The van der Waals surface area contributed by atoms with Gasteiger partial charge in [0.2, 0.25) is 0 Å². The Morgan fingerprint density at radius 3 is 2.81 bits per heavy atom. The molecule has 1 aromatic carbocycles. The van der Waals surface area contributed by atoms with Gasteiger partial charge in [0.1, 0.15) is 29.5 Å². The lowest BCUT2D eigenvalue weighted by atomic mass is 10.0. The van der Waals surface area contributed by atoms with Gasteiger partial charge in [0.25, 0.3) is 0 Å². The summed E-state index contributed by atoms with van der Waals surface area (Å²) in [6.45, 7) is 5.40. The second-order valence-corrected chi connectivity index (χ2v) is 6.75. The lowest BCUT2D eigenvalue weighted by Gasteiger charge is -2.21. The van der Waals surface area contributed by atoms with Crippen LogP contribution in [0.4, 0.5) is 16.0 Å². The van der Waals surface area contributed by atoms with E-state index in [2.05, 4.69) is 20.2 Å². The zero-order valence-corrected chi connectivity index (χ0v) is 15.3. The minimum atomic E-state index is -0.320. The molecular weight excluding hydrogens is 335 g/mol. The van der Waals surface area contributed by atoms with Crippen molar-refractivity contribution in [1.29, 1.82) is 0 Å². The number of hydrogen-bond acceptors (Lipinski definition) is 6. The number of ether oxygens (including phenoxy) is 1. The van der Waals surface area contributed by atoms with E-state index in [1.54, 1.807) is 13.2 Å². The minimum absolute atomic E-state index is 0.188. The number of aliphatic hydroxyl groups excluding tert-OH is 1. The Hall–Kier alpha value is -2.41. The number of nitrogens with zero attached hydrogens (tertiary/aromatic N) is 3. The van der Waals surface area contributed by atoms with Gasteiger partial charge < -0.3 is 20.1 Å². The normalized spacial score (nSPS) is 19.3. The standard InChI is InChI=1S/C19H25FN4O2/c1-12(16-8-15(20)4-5-17(16)26-3)23-18-9-19(22-11-21-18)24-7-6-14(10-24)13(2)25/h4-5,8-9,11-14,25H,6-7,10H2,1-3H3,(H,21,22,23). The molecule has 3 unspecified atom stereocenters. The largest absolute Gasteiger partial charge is 0.496 e. The van der Waals surface area contributed by atoms with Gasteiger partial charge in [-0.15, -0.1) is 0 Å². The molecule has 0 saturated carbocycles. The molecule has 1 aliphatic heterocycles. The summed E-state index contributed by atoms with van der Waals surface area (Å²) in [4.78, 5) is 10.8. The molecule has 1 saturated heterocycles. The average molecular weight is 360 g/mol. The first-order valence-corrected chi connectivity index (χ1v) is 8.83. The fourth-order valence-corrected chi connectivity index (χ4v) is 3.33. The van der Waals surface area contributed by atoms with E-state index in [-0.39, 0.29) is 23.9 Å². The van der Waals surface area contributed by atoms with Gasteiger partial charge in [-0.25, -0.2) is 14.4 Å². The molecule has 1 aromatic heterocycles. The van der Waals surface area contributed by atoms with E-state index in [4.69, 9.17) is 4.74 Å². The summed E-state index contributed by atoms with van der Waals surface area (Å²) >= 11 is 0.